The molecule has 0 atom stereocenters. The first-order valence-corrected chi connectivity index (χ1v) is 8.65. The lowest BCUT2D eigenvalue weighted by Crippen LogP contribution is -2.44. The van der Waals surface area contributed by atoms with Gasteiger partial charge in [-0.25, -0.2) is 0 Å². The molecule has 3 heteroatoms. The summed E-state index contributed by atoms with van der Waals surface area (Å²) >= 11 is 6.09. The summed E-state index contributed by atoms with van der Waals surface area (Å²) < 4.78 is 0. The van der Waals surface area contributed by atoms with E-state index in [4.69, 9.17) is 11.6 Å². The Labute approximate surface area is 134 Å². The van der Waals surface area contributed by atoms with E-state index in [2.05, 4.69) is 36.3 Å². The van der Waals surface area contributed by atoms with Crippen LogP contribution in [0.3, 0.4) is 0 Å². The second-order valence-corrected chi connectivity index (χ2v) is 7.08. The van der Waals surface area contributed by atoms with Gasteiger partial charge < -0.3 is 10.2 Å². The minimum Gasteiger partial charge on any atom is -0.316 e. The average Bonchev–Trinajstić information content (AvgIpc) is 2.46. The highest BCUT2D eigenvalue weighted by Gasteiger charge is 2.32. The van der Waals surface area contributed by atoms with Gasteiger partial charge in [-0.3, -0.25) is 0 Å². The van der Waals surface area contributed by atoms with E-state index in [0.29, 0.717) is 5.41 Å². The van der Waals surface area contributed by atoms with Gasteiger partial charge in [0.25, 0.3) is 0 Å². The van der Waals surface area contributed by atoms with Crippen LogP contribution in [-0.2, 0) is 6.54 Å². The van der Waals surface area contributed by atoms with Crippen LogP contribution >= 0.6 is 11.6 Å². The van der Waals surface area contributed by atoms with Crippen LogP contribution in [-0.4, -0.2) is 31.6 Å². The first-order valence-electron chi connectivity index (χ1n) is 8.27. The first kappa shape index (κ1) is 16.8. The van der Waals surface area contributed by atoms with Crippen LogP contribution in [0.5, 0.6) is 0 Å². The van der Waals surface area contributed by atoms with Crippen molar-refractivity contribution in [3.05, 3.63) is 34.9 Å². The van der Waals surface area contributed by atoms with E-state index in [1.807, 2.05) is 12.1 Å². The van der Waals surface area contributed by atoms with E-state index in [-0.39, 0.29) is 0 Å². The molecule has 1 aliphatic rings. The second-order valence-electron chi connectivity index (χ2n) is 6.64. The third kappa shape index (κ3) is 5.28. The van der Waals surface area contributed by atoms with Crippen molar-refractivity contribution >= 4 is 11.6 Å². The molecule has 21 heavy (non-hydrogen) atoms. The maximum atomic E-state index is 6.09. The molecule has 0 amide bonds. The monoisotopic (exact) mass is 308 g/mol. The molecule has 1 fully saturated rings. The molecule has 0 radical (unpaired) electrons. The van der Waals surface area contributed by atoms with Crippen molar-refractivity contribution in [1.29, 1.82) is 0 Å². The second kappa shape index (κ2) is 8.17. The Morgan fingerprint density at radius 1 is 1.24 bits per heavy atom. The van der Waals surface area contributed by atoms with Gasteiger partial charge in [0.15, 0.2) is 0 Å². The Kier molecular flexibility index (Phi) is 6.53. The van der Waals surface area contributed by atoms with Crippen molar-refractivity contribution in [2.45, 2.75) is 45.6 Å². The first-order chi connectivity index (χ1) is 10.1. The van der Waals surface area contributed by atoms with Gasteiger partial charge in [-0.1, -0.05) is 49.9 Å². The number of hydrogen-bond acceptors (Lipinski definition) is 2. The summed E-state index contributed by atoms with van der Waals surface area (Å²) in [5.74, 6) is 0. The average molecular weight is 309 g/mol. The highest BCUT2D eigenvalue weighted by atomic mass is 35.5. The zero-order valence-corrected chi connectivity index (χ0v) is 14.3. The van der Waals surface area contributed by atoms with Gasteiger partial charge in [-0.2, -0.15) is 0 Å². The van der Waals surface area contributed by atoms with E-state index < -0.39 is 0 Å². The molecule has 118 valence electrons. The van der Waals surface area contributed by atoms with Crippen LogP contribution < -0.4 is 5.32 Å². The molecular weight excluding hydrogens is 280 g/mol. The number of halogens is 1. The van der Waals surface area contributed by atoms with E-state index >= 15 is 0 Å². The molecule has 1 aliphatic carbocycles. The van der Waals surface area contributed by atoms with E-state index in [0.717, 1.165) is 24.7 Å². The molecule has 0 aliphatic heterocycles. The molecule has 0 unspecified atom stereocenters. The summed E-state index contributed by atoms with van der Waals surface area (Å²) in [5.41, 5.74) is 1.76. The maximum absolute atomic E-state index is 6.09. The fourth-order valence-electron chi connectivity index (χ4n) is 3.66. The van der Waals surface area contributed by atoms with Gasteiger partial charge in [0.05, 0.1) is 0 Å². The normalized spacial score (nSPS) is 18.1. The minimum atomic E-state index is 0.460. The minimum absolute atomic E-state index is 0.460. The molecule has 1 aromatic carbocycles. The van der Waals surface area contributed by atoms with Crippen molar-refractivity contribution in [3.63, 3.8) is 0 Å². The number of rotatable bonds is 7. The van der Waals surface area contributed by atoms with Crippen LogP contribution in [0.15, 0.2) is 24.3 Å². The Balaban J connectivity index is 1.95. The highest BCUT2D eigenvalue weighted by molar-refractivity contribution is 6.30. The molecule has 0 bridgehead atoms. The van der Waals surface area contributed by atoms with Gasteiger partial charge in [0, 0.05) is 24.7 Å². The highest BCUT2D eigenvalue weighted by Crippen LogP contribution is 2.36. The third-order valence-corrected chi connectivity index (χ3v) is 4.85. The van der Waals surface area contributed by atoms with Crippen molar-refractivity contribution in [2.75, 3.05) is 26.7 Å². The fraction of sp³-hybridized carbons (Fsp3) is 0.667. The number of nitrogens with zero attached hydrogens (tertiary/aromatic N) is 1. The number of benzene rings is 1. The zero-order chi connectivity index (χ0) is 15.1. The molecule has 0 aromatic heterocycles. The Hall–Kier alpha value is -0.570. The Morgan fingerprint density at radius 2 is 2.00 bits per heavy atom. The molecule has 2 rings (SSSR count). The molecule has 0 spiro atoms. The molecule has 2 nitrogen and oxygen atoms in total. The van der Waals surface area contributed by atoms with Crippen molar-refractivity contribution < 1.29 is 0 Å². The molecule has 0 saturated heterocycles. The molecule has 1 N–H and O–H groups in total. The van der Waals surface area contributed by atoms with Crippen molar-refractivity contribution in [1.82, 2.24) is 10.2 Å². The summed E-state index contributed by atoms with van der Waals surface area (Å²) in [6.45, 7) is 6.58. The topological polar surface area (TPSA) is 15.3 Å². The van der Waals surface area contributed by atoms with E-state index in [1.54, 1.807) is 0 Å². The number of hydrogen-bond donors (Lipinski definition) is 1. The standard InChI is InChI=1S/C18H29ClN2/c1-3-20-14-18(10-5-4-6-11-18)15-21(2)13-16-8-7-9-17(19)12-16/h7-9,12,20H,3-6,10-11,13-15H2,1-2H3. The molecule has 0 heterocycles. The predicted octanol–water partition coefficient (Wildman–Crippen LogP) is 4.33. The fourth-order valence-corrected chi connectivity index (χ4v) is 3.87. The lowest BCUT2D eigenvalue weighted by Gasteiger charge is -2.40. The summed E-state index contributed by atoms with van der Waals surface area (Å²) in [4.78, 5) is 2.47. The third-order valence-electron chi connectivity index (χ3n) is 4.61. The quantitative estimate of drug-likeness (QED) is 0.806. The van der Waals surface area contributed by atoms with Crippen LogP contribution in [0.1, 0.15) is 44.6 Å². The maximum Gasteiger partial charge on any atom is 0.0409 e. The van der Waals surface area contributed by atoms with Crippen LogP contribution in [0.4, 0.5) is 0 Å². The smallest absolute Gasteiger partial charge is 0.0409 e. The van der Waals surface area contributed by atoms with E-state index in [1.165, 1.54) is 44.2 Å². The van der Waals surface area contributed by atoms with Gasteiger partial charge in [0.1, 0.15) is 0 Å². The lowest BCUT2D eigenvalue weighted by atomic mass is 9.73. The predicted molar refractivity (Wildman–Crippen MR) is 91.8 cm³/mol. The molecule has 1 saturated carbocycles. The zero-order valence-electron chi connectivity index (χ0n) is 13.5. The SMILES string of the molecule is CCNCC1(CN(C)Cc2cccc(Cl)c2)CCCCC1. The van der Waals surface area contributed by atoms with Gasteiger partial charge in [-0.15, -0.1) is 0 Å². The van der Waals surface area contributed by atoms with Crippen molar-refractivity contribution in [2.24, 2.45) is 5.41 Å². The summed E-state index contributed by atoms with van der Waals surface area (Å²) in [6, 6.07) is 8.23. The summed E-state index contributed by atoms with van der Waals surface area (Å²) in [5, 5.41) is 4.42. The van der Waals surface area contributed by atoms with Crippen LogP contribution in [0.25, 0.3) is 0 Å². The van der Waals surface area contributed by atoms with Crippen LogP contribution in [0, 0.1) is 5.41 Å². The van der Waals surface area contributed by atoms with Gasteiger partial charge >= 0.3 is 0 Å². The van der Waals surface area contributed by atoms with Gasteiger partial charge in [-0.05, 0) is 49.5 Å². The Bertz CT molecular complexity index is 427. The van der Waals surface area contributed by atoms with Crippen LogP contribution in [0.2, 0.25) is 5.02 Å². The molecule has 1 aromatic rings. The summed E-state index contributed by atoms with van der Waals surface area (Å²) in [6.07, 6.45) is 6.90. The van der Waals surface area contributed by atoms with Crippen molar-refractivity contribution in [3.8, 4) is 0 Å². The summed E-state index contributed by atoms with van der Waals surface area (Å²) in [7, 11) is 2.24. The van der Waals surface area contributed by atoms with E-state index in [9.17, 15) is 0 Å². The number of nitrogens with one attached hydrogen (secondary N) is 1. The Morgan fingerprint density at radius 3 is 2.67 bits per heavy atom. The molecular formula is C18H29ClN2. The largest absolute Gasteiger partial charge is 0.316 e. The van der Waals surface area contributed by atoms with Gasteiger partial charge in [0.2, 0.25) is 0 Å². The lowest BCUT2D eigenvalue weighted by molar-refractivity contribution is 0.114.